The van der Waals surface area contributed by atoms with Crippen molar-refractivity contribution in [2.75, 3.05) is 56.2 Å². The summed E-state index contributed by atoms with van der Waals surface area (Å²) >= 11 is 0. The van der Waals surface area contributed by atoms with Gasteiger partial charge in [0.15, 0.2) is 0 Å². The molecule has 31 heavy (non-hydrogen) atoms. The van der Waals surface area contributed by atoms with Gasteiger partial charge in [0.05, 0.1) is 12.2 Å². The van der Waals surface area contributed by atoms with Crippen LogP contribution in [0, 0.1) is 0 Å². The van der Waals surface area contributed by atoms with Gasteiger partial charge < -0.3 is 24.8 Å². The van der Waals surface area contributed by atoms with Crippen molar-refractivity contribution in [2.45, 2.75) is 19.4 Å². The molecule has 2 aromatic carbocycles. The summed E-state index contributed by atoms with van der Waals surface area (Å²) in [6, 6.07) is 15.7. The normalized spacial score (nSPS) is 16.4. The van der Waals surface area contributed by atoms with E-state index in [1.165, 1.54) is 5.69 Å². The maximum atomic E-state index is 12.7. The lowest BCUT2D eigenvalue weighted by molar-refractivity contribution is -0.125. The molecule has 4 rings (SSSR count). The molecule has 1 saturated heterocycles. The van der Waals surface area contributed by atoms with Gasteiger partial charge in [0.25, 0.3) is 0 Å². The van der Waals surface area contributed by atoms with Gasteiger partial charge in [-0.25, -0.2) is 0 Å². The zero-order valence-corrected chi connectivity index (χ0v) is 18.0. The van der Waals surface area contributed by atoms with Crippen LogP contribution in [0.5, 0.6) is 5.75 Å². The van der Waals surface area contributed by atoms with Crippen molar-refractivity contribution in [2.24, 2.45) is 0 Å². The van der Waals surface area contributed by atoms with Crippen LogP contribution in [0.15, 0.2) is 48.5 Å². The molecule has 0 aromatic heterocycles. The Labute approximate surface area is 183 Å². The van der Waals surface area contributed by atoms with E-state index >= 15 is 0 Å². The molecule has 0 unspecified atom stereocenters. The standard InChI is InChI=1S/C24H30N4O3/c1-26-12-14-27(15-13-26)20-7-3-2-6-19(20)18-25-23(29)10-11-24(30)28-16-17-31-22-9-5-4-8-21(22)28/h2-9H,10-18H2,1H3,(H,25,29). The molecule has 0 saturated carbocycles. The quantitative estimate of drug-likeness (QED) is 0.774. The number of benzene rings is 2. The largest absolute Gasteiger partial charge is 0.490 e. The third kappa shape index (κ3) is 5.17. The monoisotopic (exact) mass is 422 g/mol. The molecule has 1 fully saturated rings. The van der Waals surface area contributed by atoms with E-state index in [2.05, 4.69) is 34.3 Å². The lowest BCUT2D eigenvalue weighted by Gasteiger charge is -2.35. The second-order valence-electron chi connectivity index (χ2n) is 8.06. The molecule has 0 radical (unpaired) electrons. The zero-order chi connectivity index (χ0) is 21.6. The molecule has 7 nitrogen and oxygen atoms in total. The van der Waals surface area contributed by atoms with Crippen molar-refractivity contribution in [3.63, 3.8) is 0 Å². The van der Waals surface area contributed by atoms with Crippen LogP contribution in [0.4, 0.5) is 11.4 Å². The lowest BCUT2D eigenvalue weighted by Crippen LogP contribution is -2.45. The first-order valence-electron chi connectivity index (χ1n) is 10.9. The Morgan fingerprint density at radius 3 is 2.42 bits per heavy atom. The highest BCUT2D eigenvalue weighted by atomic mass is 16.5. The molecule has 7 heteroatoms. The molecule has 2 aromatic rings. The van der Waals surface area contributed by atoms with E-state index in [4.69, 9.17) is 4.74 Å². The molecule has 1 N–H and O–H groups in total. The Morgan fingerprint density at radius 1 is 0.903 bits per heavy atom. The summed E-state index contributed by atoms with van der Waals surface area (Å²) in [6.45, 7) is 5.48. The number of nitrogens with one attached hydrogen (secondary N) is 1. The smallest absolute Gasteiger partial charge is 0.227 e. The molecule has 0 spiro atoms. The number of rotatable bonds is 6. The van der Waals surface area contributed by atoms with Gasteiger partial charge in [-0.15, -0.1) is 0 Å². The van der Waals surface area contributed by atoms with Gasteiger partial charge >= 0.3 is 0 Å². The number of piperazine rings is 1. The van der Waals surface area contributed by atoms with E-state index in [-0.39, 0.29) is 24.7 Å². The van der Waals surface area contributed by atoms with Crippen molar-refractivity contribution in [1.29, 1.82) is 0 Å². The molecule has 0 atom stereocenters. The van der Waals surface area contributed by atoms with E-state index in [9.17, 15) is 9.59 Å². The molecule has 2 aliphatic rings. The summed E-state index contributed by atoms with van der Waals surface area (Å²) in [5.74, 6) is 0.555. The average Bonchev–Trinajstić information content (AvgIpc) is 2.81. The van der Waals surface area contributed by atoms with Gasteiger partial charge in [0, 0.05) is 51.3 Å². The third-order valence-corrected chi connectivity index (χ3v) is 5.91. The summed E-state index contributed by atoms with van der Waals surface area (Å²) in [5, 5.41) is 2.99. The number of likely N-dealkylation sites (N-methyl/N-ethyl adjacent to an activating group) is 1. The number of para-hydroxylation sites is 3. The Balaban J connectivity index is 1.29. The first-order valence-corrected chi connectivity index (χ1v) is 10.9. The Hall–Kier alpha value is -3.06. The van der Waals surface area contributed by atoms with Crippen LogP contribution in [0.2, 0.25) is 0 Å². The average molecular weight is 423 g/mol. The fraction of sp³-hybridized carbons (Fsp3) is 0.417. The number of hydrogen-bond acceptors (Lipinski definition) is 5. The number of fused-ring (bicyclic) bond motifs is 1. The molecule has 2 aliphatic heterocycles. The summed E-state index contributed by atoms with van der Waals surface area (Å²) in [6.07, 6.45) is 0.356. The van der Waals surface area contributed by atoms with Crippen LogP contribution in [-0.4, -0.2) is 63.1 Å². The highest BCUT2D eigenvalue weighted by molar-refractivity contribution is 5.97. The van der Waals surface area contributed by atoms with Crippen molar-refractivity contribution in [3.05, 3.63) is 54.1 Å². The fourth-order valence-electron chi connectivity index (χ4n) is 4.08. The minimum Gasteiger partial charge on any atom is -0.490 e. The van der Waals surface area contributed by atoms with Crippen molar-refractivity contribution >= 4 is 23.2 Å². The van der Waals surface area contributed by atoms with E-state index in [0.29, 0.717) is 25.4 Å². The Morgan fingerprint density at radius 2 is 1.61 bits per heavy atom. The van der Waals surface area contributed by atoms with E-state index < -0.39 is 0 Å². The molecule has 2 amide bonds. The predicted octanol–water partition coefficient (Wildman–Crippen LogP) is 2.26. The number of anilines is 2. The SMILES string of the molecule is CN1CCN(c2ccccc2CNC(=O)CCC(=O)N2CCOc3ccccc32)CC1. The molecule has 0 bridgehead atoms. The fourth-order valence-corrected chi connectivity index (χ4v) is 4.08. The van der Waals surface area contributed by atoms with Crippen LogP contribution in [0.3, 0.4) is 0 Å². The number of nitrogens with zero attached hydrogens (tertiary/aromatic N) is 3. The van der Waals surface area contributed by atoms with Crippen molar-refractivity contribution in [3.8, 4) is 5.75 Å². The Kier molecular flexibility index (Phi) is 6.72. The second-order valence-corrected chi connectivity index (χ2v) is 8.06. The maximum Gasteiger partial charge on any atom is 0.227 e. The van der Waals surface area contributed by atoms with E-state index in [0.717, 1.165) is 37.4 Å². The number of carbonyl (C=O) groups excluding carboxylic acids is 2. The van der Waals surface area contributed by atoms with Gasteiger partial charge in [0.2, 0.25) is 11.8 Å². The summed E-state index contributed by atoms with van der Waals surface area (Å²) < 4.78 is 5.60. The number of amides is 2. The topological polar surface area (TPSA) is 65.1 Å². The van der Waals surface area contributed by atoms with Crippen LogP contribution in [-0.2, 0) is 16.1 Å². The second kappa shape index (κ2) is 9.83. The summed E-state index contributed by atoms with van der Waals surface area (Å²) in [7, 11) is 2.14. The van der Waals surface area contributed by atoms with Crippen LogP contribution in [0.25, 0.3) is 0 Å². The first-order chi connectivity index (χ1) is 15.1. The maximum absolute atomic E-state index is 12.7. The number of ether oxygens (including phenoxy) is 1. The molecule has 2 heterocycles. The van der Waals surface area contributed by atoms with Gasteiger partial charge in [-0.3, -0.25) is 9.59 Å². The highest BCUT2D eigenvalue weighted by Crippen LogP contribution is 2.31. The van der Waals surface area contributed by atoms with Crippen molar-refractivity contribution in [1.82, 2.24) is 10.2 Å². The van der Waals surface area contributed by atoms with E-state index in [1.807, 2.05) is 36.4 Å². The minimum atomic E-state index is -0.108. The number of carbonyl (C=O) groups is 2. The van der Waals surface area contributed by atoms with Gasteiger partial charge in [0.1, 0.15) is 12.4 Å². The van der Waals surface area contributed by atoms with Gasteiger partial charge in [-0.2, -0.15) is 0 Å². The minimum absolute atomic E-state index is 0.0521. The third-order valence-electron chi connectivity index (χ3n) is 5.91. The van der Waals surface area contributed by atoms with Crippen LogP contribution in [0.1, 0.15) is 18.4 Å². The molecular formula is C24H30N4O3. The summed E-state index contributed by atoms with van der Waals surface area (Å²) in [4.78, 5) is 31.6. The molecule has 164 valence electrons. The predicted molar refractivity (Wildman–Crippen MR) is 122 cm³/mol. The zero-order valence-electron chi connectivity index (χ0n) is 18.0. The van der Waals surface area contributed by atoms with Crippen LogP contribution < -0.4 is 19.9 Å². The lowest BCUT2D eigenvalue weighted by atomic mass is 10.1. The first kappa shape index (κ1) is 21.2. The van der Waals surface area contributed by atoms with Crippen LogP contribution >= 0.6 is 0 Å². The molecular weight excluding hydrogens is 392 g/mol. The highest BCUT2D eigenvalue weighted by Gasteiger charge is 2.23. The van der Waals surface area contributed by atoms with E-state index in [1.54, 1.807) is 4.90 Å². The van der Waals surface area contributed by atoms with Crippen molar-refractivity contribution < 1.29 is 14.3 Å². The Bertz CT molecular complexity index is 925. The number of hydrogen-bond donors (Lipinski definition) is 1. The van der Waals surface area contributed by atoms with Gasteiger partial charge in [-0.05, 0) is 30.8 Å². The summed E-state index contributed by atoms with van der Waals surface area (Å²) in [5.41, 5.74) is 3.06. The van der Waals surface area contributed by atoms with Gasteiger partial charge in [-0.1, -0.05) is 30.3 Å². The molecule has 0 aliphatic carbocycles.